The van der Waals surface area contributed by atoms with E-state index in [4.69, 9.17) is 4.74 Å². The number of hydrogen-bond donors (Lipinski definition) is 2. The minimum absolute atomic E-state index is 0.0774. The zero-order valence-corrected chi connectivity index (χ0v) is 20.7. The summed E-state index contributed by atoms with van der Waals surface area (Å²) in [7, 11) is 0. The molecule has 188 valence electrons. The molecule has 2 N–H and O–H groups in total. The second-order valence-electron chi connectivity index (χ2n) is 7.23. The van der Waals surface area contributed by atoms with Crippen LogP contribution in [0.4, 0.5) is 23.2 Å². The molecule has 3 aromatic heterocycles. The smallest absolute Gasteiger partial charge is 0.434 e. The first-order chi connectivity index (χ1) is 16.4. The van der Waals surface area contributed by atoms with Crippen LogP contribution < -0.4 is 15.7 Å². The topological polar surface area (TPSA) is 124 Å². The van der Waals surface area contributed by atoms with E-state index < -0.39 is 51.6 Å². The standard InChI is InChI=1S/C20H19F4IN6O4/c1-4-30-14(8-32)29-31(19(30)34)15-12(21)6-11(17(28-15)35-18(25)20(22,23)24)16(33)27-13-5-9(2)7-26-10(13)3/h5-7,18,32H,4,8H2,1-3H3,(H,27,33)/t18-/m1/s1. The van der Waals surface area contributed by atoms with E-state index in [1.165, 1.54) is 0 Å². The fraction of sp³-hybridized carbons (Fsp3) is 0.350. The van der Waals surface area contributed by atoms with Crippen LogP contribution in [0.3, 0.4) is 0 Å². The third kappa shape index (κ3) is 5.61. The van der Waals surface area contributed by atoms with Gasteiger partial charge < -0.3 is 15.2 Å². The van der Waals surface area contributed by atoms with Gasteiger partial charge in [0.1, 0.15) is 12.2 Å². The Morgan fingerprint density at radius 1 is 1.31 bits per heavy atom. The SMILES string of the molecule is CCn1c(CO)nn(-c2nc(O[C@@H](I)C(F)(F)F)c(C(=O)Nc3cc(C)cnc3C)cc2F)c1=O. The van der Waals surface area contributed by atoms with Crippen molar-refractivity contribution in [2.24, 2.45) is 0 Å². The first-order valence-electron chi connectivity index (χ1n) is 9.99. The van der Waals surface area contributed by atoms with Crippen molar-refractivity contribution in [1.82, 2.24) is 24.3 Å². The molecule has 0 aromatic carbocycles. The lowest BCUT2D eigenvalue weighted by atomic mass is 10.2. The molecule has 0 spiro atoms. The van der Waals surface area contributed by atoms with E-state index in [1.54, 1.807) is 33.0 Å². The predicted octanol–water partition coefficient (Wildman–Crippen LogP) is 3.05. The number of nitrogens with zero attached hydrogens (tertiary/aromatic N) is 5. The van der Waals surface area contributed by atoms with Gasteiger partial charge >= 0.3 is 11.9 Å². The Morgan fingerprint density at radius 3 is 2.57 bits per heavy atom. The van der Waals surface area contributed by atoms with Gasteiger partial charge in [0, 0.05) is 12.7 Å². The third-order valence-electron chi connectivity index (χ3n) is 4.71. The largest absolute Gasteiger partial charge is 0.453 e. The average Bonchev–Trinajstić information content (AvgIpc) is 3.11. The average molecular weight is 610 g/mol. The van der Waals surface area contributed by atoms with Crippen molar-refractivity contribution in [3.8, 4) is 11.7 Å². The summed E-state index contributed by atoms with van der Waals surface area (Å²) < 4.78 is 58.5. The maximum Gasteiger partial charge on any atom is 0.434 e. The molecule has 0 fully saturated rings. The van der Waals surface area contributed by atoms with Gasteiger partial charge in [-0.05, 0) is 61.1 Å². The van der Waals surface area contributed by atoms with Crippen LogP contribution >= 0.6 is 22.6 Å². The number of aryl methyl sites for hydroxylation is 2. The van der Waals surface area contributed by atoms with Crippen LogP contribution in [0.5, 0.6) is 5.88 Å². The number of hydrogen-bond acceptors (Lipinski definition) is 7. The van der Waals surface area contributed by atoms with Crippen LogP contribution in [0.15, 0.2) is 23.1 Å². The van der Waals surface area contributed by atoms with Gasteiger partial charge in [-0.2, -0.15) is 22.8 Å². The Kier molecular flexibility index (Phi) is 7.78. The van der Waals surface area contributed by atoms with Gasteiger partial charge in [-0.25, -0.2) is 9.18 Å². The monoisotopic (exact) mass is 610 g/mol. The molecule has 3 aromatic rings. The molecule has 0 aliphatic heterocycles. The number of aromatic nitrogens is 5. The Balaban J connectivity index is 2.14. The highest BCUT2D eigenvalue weighted by molar-refractivity contribution is 14.1. The van der Waals surface area contributed by atoms with E-state index in [1.807, 2.05) is 0 Å². The summed E-state index contributed by atoms with van der Waals surface area (Å²) in [6.07, 6.45) is -3.29. The number of aliphatic hydroxyl groups excluding tert-OH is 1. The van der Waals surface area contributed by atoms with Crippen LogP contribution in [-0.4, -0.2) is 45.6 Å². The number of aliphatic hydroxyl groups is 1. The zero-order chi connectivity index (χ0) is 26.1. The van der Waals surface area contributed by atoms with Crippen molar-refractivity contribution in [2.75, 3.05) is 5.32 Å². The van der Waals surface area contributed by atoms with Gasteiger partial charge in [-0.1, -0.05) is 0 Å². The van der Waals surface area contributed by atoms with Gasteiger partial charge in [0.25, 0.3) is 5.91 Å². The summed E-state index contributed by atoms with van der Waals surface area (Å²) in [6, 6.07) is 2.17. The number of pyridine rings is 2. The molecule has 0 aliphatic rings. The summed E-state index contributed by atoms with van der Waals surface area (Å²) in [6.45, 7) is 4.30. The molecule has 3 heterocycles. The molecule has 15 heteroatoms. The van der Waals surface area contributed by atoms with E-state index in [0.717, 1.165) is 27.2 Å². The third-order valence-corrected chi connectivity index (χ3v) is 5.67. The Morgan fingerprint density at radius 2 is 2.00 bits per heavy atom. The molecular formula is C20H19F4IN6O4. The molecule has 0 radical (unpaired) electrons. The second-order valence-corrected chi connectivity index (χ2v) is 8.37. The van der Waals surface area contributed by atoms with E-state index >= 15 is 4.39 Å². The Bertz CT molecular complexity index is 1320. The number of alkyl halides is 4. The Hall–Kier alpha value is -3.08. The molecule has 0 aliphatic carbocycles. The summed E-state index contributed by atoms with van der Waals surface area (Å²) in [5, 5.41) is 15.7. The first kappa shape index (κ1) is 26.5. The molecule has 35 heavy (non-hydrogen) atoms. The molecule has 1 amide bonds. The van der Waals surface area contributed by atoms with Crippen molar-refractivity contribution in [1.29, 1.82) is 0 Å². The molecule has 0 saturated carbocycles. The number of carbonyl (C=O) groups excluding carboxylic acids is 1. The minimum atomic E-state index is -4.84. The molecule has 3 rings (SSSR count). The summed E-state index contributed by atoms with van der Waals surface area (Å²) in [4.78, 5) is 33.3. The van der Waals surface area contributed by atoms with Gasteiger partial charge in [0.15, 0.2) is 17.5 Å². The summed E-state index contributed by atoms with van der Waals surface area (Å²) in [5.41, 5.74) is -0.195. The quantitative estimate of drug-likeness (QED) is 0.240. The van der Waals surface area contributed by atoms with Gasteiger partial charge in [-0.15, -0.1) is 5.10 Å². The maximum atomic E-state index is 15.1. The van der Waals surface area contributed by atoms with E-state index in [0.29, 0.717) is 22.0 Å². The van der Waals surface area contributed by atoms with Crippen LogP contribution in [0.25, 0.3) is 5.82 Å². The van der Waals surface area contributed by atoms with E-state index in [9.17, 15) is 27.9 Å². The van der Waals surface area contributed by atoms with E-state index in [-0.39, 0.29) is 18.1 Å². The Labute approximate surface area is 209 Å². The van der Waals surface area contributed by atoms with Crippen LogP contribution in [0.1, 0.15) is 34.4 Å². The lowest BCUT2D eigenvalue weighted by molar-refractivity contribution is -0.161. The predicted molar refractivity (Wildman–Crippen MR) is 123 cm³/mol. The number of anilines is 1. The first-order valence-corrected chi connectivity index (χ1v) is 11.2. The normalized spacial score (nSPS) is 12.5. The number of ether oxygens (including phenoxy) is 1. The highest BCUT2D eigenvalue weighted by Crippen LogP contribution is 2.31. The molecule has 10 nitrogen and oxygen atoms in total. The molecule has 0 bridgehead atoms. The second kappa shape index (κ2) is 10.3. The van der Waals surface area contributed by atoms with Crippen LogP contribution in [-0.2, 0) is 13.2 Å². The minimum Gasteiger partial charge on any atom is -0.453 e. The number of carbonyl (C=O) groups is 1. The van der Waals surface area contributed by atoms with Gasteiger partial charge in [-0.3, -0.25) is 14.3 Å². The van der Waals surface area contributed by atoms with Crippen molar-refractivity contribution < 1.29 is 32.2 Å². The lowest BCUT2D eigenvalue weighted by Crippen LogP contribution is -2.30. The van der Waals surface area contributed by atoms with Crippen molar-refractivity contribution in [3.05, 3.63) is 57.3 Å². The number of amides is 1. The fourth-order valence-corrected chi connectivity index (χ4v) is 3.23. The number of nitrogens with one attached hydrogen (secondary N) is 1. The van der Waals surface area contributed by atoms with Crippen LogP contribution in [0.2, 0.25) is 0 Å². The molecule has 0 saturated heterocycles. The zero-order valence-electron chi connectivity index (χ0n) is 18.5. The highest BCUT2D eigenvalue weighted by atomic mass is 127. The van der Waals surface area contributed by atoms with Crippen molar-refractivity contribution >= 4 is 34.2 Å². The number of rotatable bonds is 7. The van der Waals surface area contributed by atoms with Crippen molar-refractivity contribution in [2.45, 2.75) is 44.2 Å². The maximum absolute atomic E-state index is 15.1. The summed E-state index contributed by atoms with van der Waals surface area (Å²) in [5.74, 6) is -4.04. The van der Waals surface area contributed by atoms with Gasteiger partial charge in [0.2, 0.25) is 9.99 Å². The summed E-state index contributed by atoms with van der Waals surface area (Å²) >= 11 is 0.944. The molecular weight excluding hydrogens is 591 g/mol. The van der Waals surface area contributed by atoms with Crippen LogP contribution in [0, 0.1) is 19.7 Å². The fourth-order valence-electron chi connectivity index (χ4n) is 2.99. The van der Waals surface area contributed by atoms with Gasteiger partial charge in [0.05, 0.1) is 11.4 Å². The lowest BCUT2D eigenvalue weighted by Gasteiger charge is -2.18. The molecule has 1 atom stereocenters. The van der Waals surface area contributed by atoms with Crippen molar-refractivity contribution in [3.63, 3.8) is 0 Å². The molecule has 0 unspecified atom stereocenters. The highest BCUT2D eigenvalue weighted by Gasteiger charge is 2.41. The van der Waals surface area contributed by atoms with E-state index in [2.05, 4.69) is 20.4 Å². The number of halogens is 5.